The molecule has 0 bridgehead atoms. The predicted molar refractivity (Wildman–Crippen MR) is 109 cm³/mol. The average molecular weight is 451 g/mol. The van der Waals surface area contributed by atoms with Crippen molar-refractivity contribution < 1.29 is 28.7 Å². The van der Waals surface area contributed by atoms with Crippen molar-refractivity contribution in [3.8, 4) is 0 Å². The molecule has 3 atom stereocenters. The smallest absolute Gasteiger partial charge is 0.355 e. The lowest BCUT2D eigenvalue weighted by molar-refractivity contribution is -0.755. The van der Waals surface area contributed by atoms with Crippen molar-refractivity contribution in [3.05, 3.63) is 20.7 Å². The number of fused-ring (bicyclic) bond motifs is 1. The van der Waals surface area contributed by atoms with Gasteiger partial charge in [-0.05, 0) is 25.1 Å². The first-order valence-electron chi connectivity index (χ1n) is 8.74. The number of hydrogen-bond donors (Lipinski definition) is 0. The van der Waals surface area contributed by atoms with E-state index >= 15 is 0 Å². The number of nitrogens with zero attached hydrogens (tertiary/aromatic N) is 2. The SMILES string of the molecule is COC(=O)C1=C(CO[N+](=O)[O-])SS[C@@H]2[C@@H]([C@@H](C)O[Si](C)(C)C(C)(C)C)C(=O)N12. The third-order valence-electron chi connectivity index (χ3n) is 5.31. The van der Waals surface area contributed by atoms with Crippen LogP contribution in [0.3, 0.4) is 0 Å². The maximum absolute atomic E-state index is 12.9. The van der Waals surface area contributed by atoms with E-state index in [0.29, 0.717) is 0 Å². The summed E-state index contributed by atoms with van der Waals surface area (Å²) < 4.78 is 11.2. The predicted octanol–water partition coefficient (Wildman–Crippen LogP) is 3.17. The molecule has 0 aliphatic carbocycles. The fraction of sp³-hybridized carbons (Fsp3) is 0.750. The van der Waals surface area contributed by atoms with E-state index in [9.17, 15) is 19.7 Å². The fourth-order valence-electron chi connectivity index (χ4n) is 2.77. The van der Waals surface area contributed by atoms with Gasteiger partial charge in [-0.1, -0.05) is 42.4 Å². The molecule has 2 aliphatic heterocycles. The first-order chi connectivity index (χ1) is 12.8. The number of esters is 1. The Labute approximate surface area is 173 Å². The molecule has 158 valence electrons. The minimum Gasteiger partial charge on any atom is -0.464 e. The molecule has 0 aromatic carbocycles. The third kappa shape index (κ3) is 4.34. The van der Waals surface area contributed by atoms with Gasteiger partial charge >= 0.3 is 5.97 Å². The van der Waals surface area contributed by atoms with Crippen LogP contribution in [0.15, 0.2) is 10.6 Å². The highest BCUT2D eigenvalue weighted by atomic mass is 33.1. The number of amides is 1. The first-order valence-corrected chi connectivity index (χ1v) is 13.9. The lowest BCUT2D eigenvalue weighted by Gasteiger charge is -2.52. The second-order valence-corrected chi connectivity index (χ2v) is 15.3. The standard InChI is InChI=1S/C16H26N2O7S2Si/c1-9(25-28(6,7)16(2,3)4)11-13(19)17-12(15(20)23-5)10(8-24-18(21)22)26-27-14(11)17/h9,11,14H,8H2,1-7H3/t9-,11+,14-/m1/s1. The van der Waals surface area contributed by atoms with Crippen LogP contribution in [0, 0.1) is 16.0 Å². The Morgan fingerprint density at radius 3 is 2.50 bits per heavy atom. The summed E-state index contributed by atoms with van der Waals surface area (Å²) in [5.41, 5.74) is 0.0128. The monoisotopic (exact) mass is 450 g/mol. The van der Waals surface area contributed by atoms with E-state index in [0.717, 1.165) is 0 Å². The summed E-state index contributed by atoms with van der Waals surface area (Å²) in [6.07, 6.45) is -0.307. The summed E-state index contributed by atoms with van der Waals surface area (Å²) >= 11 is 0. The van der Waals surface area contributed by atoms with E-state index < -0.39 is 31.9 Å². The number of carbonyl (C=O) groups excluding carboxylic acids is 2. The Hall–Kier alpha value is -1.24. The van der Waals surface area contributed by atoms with Gasteiger partial charge in [0.1, 0.15) is 17.7 Å². The minimum absolute atomic E-state index is 0.00627. The van der Waals surface area contributed by atoms with Crippen molar-refractivity contribution in [1.82, 2.24) is 4.90 Å². The van der Waals surface area contributed by atoms with Gasteiger partial charge in [-0.2, -0.15) is 0 Å². The summed E-state index contributed by atoms with van der Waals surface area (Å²) in [5, 5.41) is 9.27. The average Bonchev–Trinajstić information content (AvgIpc) is 2.56. The fourth-order valence-corrected chi connectivity index (χ4v) is 7.17. The van der Waals surface area contributed by atoms with E-state index in [1.54, 1.807) is 0 Å². The van der Waals surface area contributed by atoms with Gasteiger partial charge in [-0.15, -0.1) is 10.1 Å². The van der Waals surface area contributed by atoms with Gasteiger partial charge in [0.05, 0.1) is 24.0 Å². The summed E-state index contributed by atoms with van der Waals surface area (Å²) in [7, 11) is 1.69. The number of rotatable bonds is 7. The molecular formula is C16H26N2O7S2Si. The van der Waals surface area contributed by atoms with E-state index in [2.05, 4.69) is 38.7 Å². The maximum Gasteiger partial charge on any atom is 0.355 e. The molecule has 0 aromatic heterocycles. The van der Waals surface area contributed by atoms with Crippen LogP contribution in [-0.2, 0) is 23.6 Å². The third-order valence-corrected chi connectivity index (χ3v) is 12.7. The molecule has 1 amide bonds. The molecule has 2 rings (SSSR count). The molecule has 9 nitrogen and oxygen atoms in total. The number of carbonyl (C=O) groups is 2. The van der Waals surface area contributed by atoms with Gasteiger partial charge in [-0.3, -0.25) is 9.69 Å². The van der Waals surface area contributed by atoms with Crippen molar-refractivity contribution >= 4 is 41.8 Å². The zero-order valence-electron chi connectivity index (χ0n) is 17.0. The summed E-state index contributed by atoms with van der Waals surface area (Å²) in [6, 6.07) is 0. The number of β-lactam (4-membered cyclic amide) rings is 1. The Bertz CT molecular complexity index is 708. The quantitative estimate of drug-likeness (QED) is 0.144. The van der Waals surface area contributed by atoms with Gasteiger partial charge < -0.3 is 14.0 Å². The largest absolute Gasteiger partial charge is 0.464 e. The highest BCUT2D eigenvalue weighted by Gasteiger charge is 2.57. The number of ether oxygens (including phenoxy) is 1. The van der Waals surface area contributed by atoms with E-state index in [1.807, 2.05) is 6.92 Å². The molecule has 0 saturated carbocycles. The molecule has 1 fully saturated rings. The lowest BCUT2D eigenvalue weighted by atomic mass is 9.92. The zero-order chi connectivity index (χ0) is 21.4. The van der Waals surface area contributed by atoms with E-state index in [4.69, 9.17) is 9.16 Å². The molecular weight excluding hydrogens is 424 g/mol. The molecule has 12 heteroatoms. The van der Waals surface area contributed by atoms with Crippen molar-refractivity contribution in [2.75, 3.05) is 13.7 Å². The van der Waals surface area contributed by atoms with Gasteiger partial charge in [0, 0.05) is 0 Å². The Balaban J connectivity index is 2.23. The minimum atomic E-state index is -2.07. The number of methoxy groups -OCH3 is 1. The van der Waals surface area contributed by atoms with Gasteiger partial charge in [0.25, 0.3) is 5.09 Å². The Morgan fingerprint density at radius 2 is 2.00 bits per heavy atom. The molecule has 0 aromatic rings. The van der Waals surface area contributed by atoms with E-state index in [-0.39, 0.29) is 33.0 Å². The van der Waals surface area contributed by atoms with Gasteiger partial charge in [0.2, 0.25) is 5.91 Å². The van der Waals surface area contributed by atoms with E-state index in [1.165, 1.54) is 33.6 Å². The van der Waals surface area contributed by atoms with Crippen LogP contribution in [0.25, 0.3) is 0 Å². The highest BCUT2D eigenvalue weighted by molar-refractivity contribution is 8.78. The Kier molecular flexibility index (Phi) is 6.78. The van der Waals surface area contributed by atoms with Crippen LogP contribution in [0.5, 0.6) is 0 Å². The molecule has 28 heavy (non-hydrogen) atoms. The first kappa shape index (κ1) is 23.0. The molecule has 0 N–H and O–H groups in total. The summed E-state index contributed by atoms with van der Waals surface area (Å²) in [6.45, 7) is 12.1. The topological polar surface area (TPSA) is 108 Å². The normalized spacial score (nSPS) is 23.7. The van der Waals surface area contributed by atoms with Crippen LogP contribution in [0.2, 0.25) is 18.1 Å². The highest BCUT2D eigenvalue weighted by Crippen LogP contribution is 2.54. The van der Waals surface area contributed by atoms with Gasteiger partial charge in [0.15, 0.2) is 8.32 Å². The van der Waals surface area contributed by atoms with Crippen LogP contribution in [0.1, 0.15) is 27.7 Å². The molecule has 0 spiro atoms. The number of hydrogen-bond acceptors (Lipinski definition) is 9. The van der Waals surface area contributed by atoms with Gasteiger partial charge in [-0.25, -0.2) is 4.79 Å². The lowest BCUT2D eigenvalue weighted by Crippen LogP contribution is -2.65. The maximum atomic E-state index is 12.9. The van der Waals surface area contributed by atoms with Crippen LogP contribution >= 0.6 is 21.6 Å². The molecule has 2 heterocycles. The van der Waals surface area contributed by atoms with Crippen molar-refractivity contribution in [1.29, 1.82) is 0 Å². The van der Waals surface area contributed by atoms with Crippen LogP contribution in [0.4, 0.5) is 0 Å². The molecule has 0 radical (unpaired) electrons. The summed E-state index contributed by atoms with van der Waals surface area (Å²) in [5.74, 6) is -1.36. The van der Waals surface area contributed by atoms with Crippen molar-refractivity contribution in [2.24, 2.45) is 5.92 Å². The molecule has 2 aliphatic rings. The molecule has 0 unspecified atom stereocenters. The van der Waals surface area contributed by atoms with Crippen LogP contribution < -0.4 is 0 Å². The zero-order valence-corrected chi connectivity index (χ0v) is 19.6. The Morgan fingerprint density at radius 1 is 1.39 bits per heavy atom. The second-order valence-electron chi connectivity index (χ2n) is 8.15. The van der Waals surface area contributed by atoms with Crippen LogP contribution in [-0.4, -0.2) is 55.4 Å². The second kappa shape index (κ2) is 8.25. The molecule has 1 saturated heterocycles. The van der Waals surface area contributed by atoms with Crippen molar-refractivity contribution in [3.63, 3.8) is 0 Å². The summed E-state index contributed by atoms with van der Waals surface area (Å²) in [4.78, 5) is 41.7. The van der Waals surface area contributed by atoms with Crippen molar-refractivity contribution in [2.45, 2.75) is 57.3 Å².